The maximum Gasteiger partial charge on any atom is 0.410 e. The lowest BCUT2D eigenvalue weighted by Crippen LogP contribution is -2.68. The highest BCUT2D eigenvalue weighted by Crippen LogP contribution is 2.35. The van der Waals surface area contributed by atoms with E-state index in [0.29, 0.717) is 18.7 Å². The monoisotopic (exact) mass is 400 g/mol. The summed E-state index contributed by atoms with van der Waals surface area (Å²) in [5.74, 6) is 0.642. The molecule has 0 aromatic heterocycles. The van der Waals surface area contributed by atoms with Gasteiger partial charge in [-0.1, -0.05) is 12.8 Å². The van der Waals surface area contributed by atoms with E-state index in [2.05, 4.69) is 12.6 Å². The zero-order valence-corrected chi connectivity index (χ0v) is 18.6. The second kappa shape index (κ2) is 8.50. The molecule has 0 N–H and O–H groups in total. The molecule has 0 aromatic rings. The van der Waals surface area contributed by atoms with Crippen LogP contribution in [0.25, 0.3) is 0 Å². The highest BCUT2D eigenvalue weighted by molar-refractivity contribution is 7.80. The van der Waals surface area contributed by atoms with E-state index in [9.17, 15) is 9.59 Å². The largest absolute Gasteiger partial charge is 0.444 e. The Balaban J connectivity index is 2.29. The summed E-state index contributed by atoms with van der Waals surface area (Å²) in [7, 11) is 0. The molecule has 6 nitrogen and oxygen atoms in total. The summed E-state index contributed by atoms with van der Waals surface area (Å²) in [4.78, 5) is 29.6. The SMILES string of the molecule is CC(C)(C)OC(=O)N1C[C@@H](CCS)N(C(=O)OC(C)(C)C)[C@H]2CCCC[C@@H]21. The van der Waals surface area contributed by atoms with Crippen molar-refractivity contribution in [3.63, 3.8) is 0 Å². The van der Waals surface area contributed by atoms with Crippen LogP contribution in [0.5, 0.6) is 0 Å². The molecule has 1 saturated carbocycles. The van der Waals surface area contributed by atoms with Crippen molar-refractivity contribution in [2.75, 3.05) is 12.3 Å². The number of nitrogens with zero attached hydrogens (tertiary/aromatic N) is 2. The van der Waals surface area contributed by atoms with Crippen LogP contribution in [0, 0.1) is 0 Å². The first-order chi connectivity index (χ1) is 12.4. The molecule has 2 aliphatic rings. The van der Waals surface area contributed by atoms with E-state index in [-0.39, 0.29) is 30.3 Å². The Bertz CT molecular complexity index is 541. The molecule has 3 atom stereocenters. The molecule has 2 rings (SSSR count). The van der Waals surface area contributed by atoms with E-state index in [1.165, 1.54) is 0 Å². The quantitative estimate of drug-likeness (QED) is 0.695. The molecule has 0 unspecified atom stereocenters. The van der Waals surface area contributed by atoms with E-state index < -0.39 is 11.2 Å². The number of hydrogen-bond donors (Lipinski definition) is 1. The molecule has 1 aliphatic carbocycles. The second-order valence-corrected chi connectivity index (χ2v) is 10.1. The minimum atomic E-state index is -0.547. The predicted octanol–water partition coefficient (Wildman–Crippen LogP) is 4.47. The van der Waals surface area contributed by atoms with Crippen LogP contribution in [0.2, 0.25) is 0 Å². The van der Waals surface area contributed by atoms with Gasteiger partial charge in [0.15, 0.2) is 0 Å². The lowest BCUT2D eigenvalue weighted by Gasteiger charge is -2.53. The van der Waals surface area contributed by atoms with Gasteiger partial charge < -0.3 is 14.4 Å². The number of rotatable bonds is 2. The van der Waals surface area contributed by atoms with Crippen molar-refractivity contribution in [2.45, 2.75) is 103 Å². The number of amides is 2. The van der Waals surface area contributed by atoms with Crippen molar-refractivity contribution < 1.29 is 19.1 Å². The fourth-order valence-electron chi connectivity index (χ4n) is 4.01. The molecule has 2 fully saturated rings. The highest BCUT2D eigenvalue weighted by Gasteiger charge is 2.48. The fraction of sp³-hybridized carbons (Fsp3) is 0.900. The number of hydrogen-bond acceptors (Lipinski definition) is 5. The van der Waals surface area contributed by atoms with Crippen molar-refractivity contribution in [2.24, 2.45) is 0 Å². The van der Waals surface area contributed by atoms with E-state index >= 15 is 0 Å². The Labute approximate surface area is 169 Å². The smallest absolute Gasteiger partial charge is 0.410 e. The van der Waals surface area contributed by atoms with Crippen LogP contribution < -0.4 is 0 Å². The van der Waals surface area contributed by atoms with Crippen LogP contribution in [0.3, 0.4) is 0 Å². The second-order valence-electron chi connectivity index (χ2n) is 9.61. The topological polar surface area (TPSA) is 59.1 Å². The van der Waals surface area contributed by atoms with Gasteiger partial charge in [-0.25, -0.2) is 9.59 Å². The number of carbonyl (C=O) groups is 2. The molecule has 27 heavy (non-hydrogen) atoms. The number of fused-ring (bicyclic) bond motifs is 1. The molecule has 0 bridgehead atoms. The molecule has 7 heteroatoms. The Kier molecular flexibility index (Phi) is 6.98. The molecular weight excluding hydrogens is 364 g/mol. The van der Waals surface area contributed by atoms with Gasteiger partial charge in [0.25, 0.3) is 0 Å². The first-order valence-electron chi connectivity index (χ1n) is 10.0. The molecule has 0 aromatic carbocycles. The molecule has 0 spiro atoms. The van der Waals surface area contributed by atoms with Crippen molar-refractivity contribution in [3.8, 4) is 0 Å². The minimum Gasteiger partial charge on any atom is -0.444 e. The summed E-state index contributed by atoms with van der Waals surface area (Å²) < 4.78 is 11.4. The van der Waals surface area contributed by atoms with E-state index in [1.807, 2.05) is 51.3 Å². The Morgan fingerprint density at radius 1 is 0.926 bits per heavy atom. The van der Waals surface area contributed by atoms with Gasteiger partial charge in [0.1, 0.15) is 11.2 Å². The minimum absolute atomic E-state index is 0.0164. The molecule has 0 radical (unpaired) electrons. The third-order valence-electron chi connectivity index (χ3n) is 4.95. The van der Waals surface area contributed by atoms with Gasteiger partial charge in [0.05, 0.1) is 18.1 Å². The first kappa shape index (κ1) is 22.2. The summed E-state index contributed by atoms with van der Waals surface area (Å²) in [6.45, 7) is 11.8. The van der Waals surface area contributed by atoms with E-state index in [1.54, 1.807) is 0 Å². The average Bonchev–Trinajstić information content (AvgIpc) is 2.50. The Morgan fingerprint density at radius 3 is 1.96 bits per heavy atom. The van der Waals surface area contributed by atoms with E-state index in [0.717, 1.165) is 25.7 Å². The molecule has 156 valence electrons. The van der Waals surface area contributed by atoms with Gasteiger partial charge in [-0.05, 0) is 66.6 Å². The maximum absolute atomic E-state index is 13.0. The lowest BCUT2D eigenvalue weighted by molar-refractivity contribution is -0.0628. The van der Waals surface area contributed by atoms with Crippen LogP contribution in [-0.2, 0) is 9.47 Å². The number of ether oxygens (including phenoxy) is 2. The summed E-state index contributed by atoms with van der Waals surface area (Å²) in [6.07, 6.45) is 4.02. The lowest BCUT2D eigenvalue weighted by atomic mass is 9.84. The van der Waals surface area contributed by atoms with Crippen LogP contribution in [-0.4, -0.2) is 63.6 Å². The van der Waals surface area contributed by atoms with Crippen molar-refractivity contribution in [1.82, 2.24) is 9.80 Å². The zero-order valence-electron chi connectivity index (χ0n) is 17.7. The van der Waals surface area contributed by atoms with Crippen molar-refractivity contribution in [1.29, 1.82) is 0 Å². The molecular formula is C20H36N2O4S. The summed E-state index contributed by atoms with van der Waals surface area (Å²) in [5.41, 5.74) is -1.09. The van der Waals surface area contributed by atoms with Gasteiger partial charge in [-0.15, -0.1) is 0 Å². The zero-order chi connectivity index (χ0) is 20.4. The standard InChI is InChI=1S/C20H36N2O4S/c1-19(2,3)25-17(23)21-13-14(11-12-27)22(18(24)26-20(4,5)6)16-10-8-7-9-15(16)21/h14-16,27H,7-13H2,1-6H3/t14-,15+,16+/m1/s1. The van der Waals surface area contributed by atoms with Crippen LogP contribution in [0.4, 0.5) is 9.59 Å². The summed E-state index contributed by atoms with van der Waals surface area (Å²) in [5, 5.41) is 0. The van der Waals surface area contributed by atoms with Crippen molar-refractivity contribution in [3.05, 3.63) is 0 Å². The van der Waals surface area contributed by atoms with Gasteiger partial charge >= 0.3 is 12.2 Å². The number of carbonyl (C=O) groups excluding carboxylic acids is 2. The van der Waals surface area contributed by atoms with Crippen LogP contribution in [0.15, 0.2) is 0 Å². The maximum atomic E-state index is 13.0. The van der Waals surface area contributed by atoms with Crippen LogP contribution in [0.1, 0.15) is 73.6 Å². The van der Waals surface area contributed by atoms with E-state index in [4.69, 9.17) is 9.47 Å². The van der Waals surface area contributed by atoms with Gasteiger partial charge in [0, 0.05) is 6.54 Å². The van der Waals surface area contributed by atoms with Crippen LogP contribution >= 0.6 is 12.6 Å². The fourth-order valence-corrected chi connectivity index (χ4v) is 4.31. The third kappa shape index (κ3) is 5.93. The molecule has 1 aliphatic heterocycles. The number of thiol groups is 1. The van der Waals surface area contributed by atoms with Gasteiger partial charge in [-0.3, -0.25) is 4.90 Å². The predicted molar refractivity (Wildman–Crippen MR) is 109 cm³/mol. The first-order valence-corrected chi connectivity index (χ1v) is 10.7. The number of piperazine rings is 1. The van der Waals surface area contributed by atoms with Gasteiger partial charge in [-0.2, -0.15) is 12.6 Å². The third-order valence-corrected chi connectivity index (χ3v) is 5.21. The van der Waals surface area contributed by atoms with Crippen molar-refractivity contribution >= 4 is 24.8 Å². The molecule has 1 heterocycles. The summed E-state index contributed by atoms with van der Waals surface area (Å²) in [6, 6.07) is -0.152. The molecule has 1 saturated heterocycles. The Hall–Kier alpha value is -1.11. The normalized spacial score (nSPS) is 26.4. The van der Waals surface area contributed by atoms with Gasteiger partial charge in [0.2, 0.25) is 0 Å². The molecule has 2 amide bonds. The summed E-state index contributed by atoms with van der Waals surface area (Å²) >= 11 is 4.38. The Morgan fingerprint density at radius 2 is 1.44 bits per heavy atom. The highest BCUT2D eigenvalue weighted by atomic mass is 32.1. The average molecular weight is 401 g/mol.